The summed E-state index contributed by atoms with van der Waals surface area (Å²) in [6, 6.07) is 7.41. The van der Waals surface area contributed by atoms with E-state index >= 15 is 0 Å². The maximum absolute atomic E-state index is 9.47. The summed E-state index contributed by atoms with van der Waals surface area (Å²) in [7, 11) is 0. The van der Waals surface area contributed by atoms with Gasteiger partial charge in [0.25, 0.3) is 0 Å². The molecule has 0 aliphatic heterocycles. The average Bonchev–Trinajstić information content (AvgIpc) is 2.15. The minimum atomic E-state index is -0.580. The van der Waals surface area contributed by atoms with Crippen molar-refractivity contribution >= 4 is 0 Å². The van der Waals surface area contributed by atoms with E-state index in [4.69, 9.17) is 10.00 Å². The van der Waals surface area contributed by atoms with Crippen LogP contribution in [0.25, 0.3) is 0 Å². The van der Waals surface area contributed by atoms with E-state index < -0.39 is 6.10 Å². The molecule has 0 heterocycles. The van der Waals surface area contributed by atoms with E-state index in [-0.39, 0.29) is 6.61 Å². The molecule has 0 aliphatic carbocycles. The van der Waals surface area contributed by atoms with Gasteiger partial charge in [0.1, 0.15) is 11.8 Å². The number of hydrogen-bond donors (Lipinski definition) is 1. The van der Waals surface area contributed by atoms with Gasteiger partial charge in [0.05, 0.1) is 6.10 Å². The standard InChI is InChI=1S/C11H13NO2/c1-8-3-4-11(14-6-5-12)10(7-8)9(2)13/h3-4,7,9,13H,6H2,1-2H3/t9-/m1/s1. The Morgan fingerprint density at radius 2 is 2.29 bits per heavy atom. The van der Waals surface area contributed by atoms with E-state index in [2.05, 4.69) is 0 Å². The second-order valence-corrected chi connectivity index (χ2v) is 3.16. The molecule has 1 rings (SSSR count). The molecular formula is C11H13NO2. The Balaban J connectivity index is 2.97. The molecular weight excluding hydrogens is 178 g/mol. The summed E-state index contributed by atoms with van der Waals surface area (Å²) in [4.78, 5) is 0. The molecule has 74 valence electrons. The van der Waals surface area contributed by atoms with Crippen LogP contribution in [0.5, 0.6) is 5.75 Å². The van der Waals surface area contributed by atoms with Gasteiger partial charge >= 0.3 is 0 Å². The first kappa shape index (κ1) is 10.6. The second kappa shape index (κ2) is 4.64. The Labute approximate surface area is 83.6 Å². The van der Waals surface area contributed by atoms with Gasteiger partial charge in [-0.1, -0.05) is 11.6 Å². The van der Waals surface area contributed by atoms with Crippen LogP contribution in [0, 0.1) is 18.3 Å². The summed E-state index contributed by atoms with van der Waals surface area (Å²) >= 11 is 0. The zero-order chi connectivity index (χ0) is 10.6. The lowest BCUT2D eigenvalue weighted by molar-refractivity contribution is 0.193. The van der Waals surface area contributed by atoms with Crippen molar-refractivity contribution < 1.29 is 9.84 Å². The highest BCUT2D eigenvalue weighted by molar-refractivity contribution is 5.38. The van der Waals surface area contributed by atoms with Crippen molar-refractivity contribution in [3.63, 3.8) is 0 Å². The van der Waals surface area contributed by atoms with Gasteiger partial charge in [-0.05, 0) is 26.0 Å². The minimum absolute atomic E-state index is 0.00276. The van der Waals surface area contributed by atoms with Crippen LogP contribution in [-0.4, -0.2) is 11.7 Å². The Hall–Kier alpha value is -1.53. The zero-order valence-corrected chi connectivity index (χ0v) is 8.32. The van der Waals surface area contributed by atoms with Crippen molar-refractivity contribution in [3.05, 3.63) is 29.3 Å². The number of aliphatic hydroxyl groups excluding tert-OH is 1. The molecule has 0 saturated carbocycles. The number of ether oxygens (including phenoxy) is 1. The largest absolute Gasteiger partial charge is 0.478 e. The first-order valence-corrected chi connectivity index (χ1v) is 4.43. The number of aliphatic hydroxyl groups is 1. The fourth-order valence-corrected chi connectivity index (χ4v) is 1.24. The van der Waals surface area contributed by atoms with Crippen molar-refractivity contribution in [1.82, 2.24) is 0 Å². The molecule has 1 atom stereocenters. The monoisotopic (exact) mass is 191 g/mol. The molecule has 1 N–H and O–H groups in total. The molecule has 3 nitrogen and oxygen atoms in total. The third-order valence-corrected chi connectivity index (χ3v) is 1.91. The highest BCUT2D eigenvalue weighted by atomic mass is 16.5. The average molecular weight is 191 g/mol. The smallest absolute Gasteiger partial charge is 0.174 e. The number of rotatable bonds is 3. The molecule has 0 amide bonds. The van der Waals surface area contributed by atoms with Crippen molar-refractivity contribution in [2.24, 2.45) is 0 Å². The van der Waals surface area contributed by atoms with Gasteiger partial charge in [0.15, 0.2) is 6.61 Å². The quantitative estimate of drug-likeness (QED) is 0.794. The lowest BCUT2D eigenvalue weighted by Gasteiger charge is -2.12. The van der Waals surface area contributed by atoms with Crippen LogP contribution < -0.4 is 4.74 Å². The summed E-state index contributed by atoms with van der Waals surface area (Å²) < 4.78 is 5.18. The molecule has 0 aromatic heterocycles. The molecule has 3 heteroatoms. The van der Waals surface area contributed by atoms with E-state index in [0.29, 0.717) is 5.75 Å². The third kappa shape index (κ3) is 2.48. The number of hydrogen-bond acceptors (Lipinski definition) is 3. The van der Waals surface area contributed by atoms with E-state index in [9.17, 15) is 5.11 Å². The molecule has 0 spiro atoms. The van der Waals surface area contributed by atoms with Gasteiger partial charge in [-0.15, -0.1) is 0 Å². The summed E-state index contributed by atoms with van der Waals surface area (Å²) in [6.45, 7) is 3.62. The lowest BCUT2D eigenvalue weighted by Crippen LogP contribution is -2.00. The third-order valence-electron chi connectivity index (χ3n) is 1.91. The highest BCUT2D eigenvalue weighted by Gasteiger charge is 2.08. The topological polar surface area (TPSA) is 53.2 Å². The van der Waals surface area contributed by atoms with Crippen LogP contribution in [0.4, 0.5) is 0 Å². The van der Waals surface area contributed by atoms with Gasteiger partial charge in [0, 0.05) is 5.56 Å². The Bertz CT molecular complexity index is 353. The molecule has 0 radical (unpaired) electrons. The minimum Gasteiger partial charge on any atom is -0.478 e. The fraction of sp³-hybridized carbons (Fsp3) is 0.364. The van der Waals surface area contributed by atoms with E-state index in [1.807, 2.05) is 25.1 Å². The molecule has 14 heavy (non-hydrogen) atoms. The predicted octanol–water partition coefficient (Wildman–Crippen LogP) is 1.95. The summed E-state index contributed by atoms with van der Waals surface area (Å²) in [5, 5.41) is 17.8. The highest BCUT2D eigenvalue weighted by Crippen LogP contribution is 2.25. The Kier molecular flexibility index (Phi) is 3.49. The molecule has 0 bridgehead atoms. The fourth-order valence-electron chi connectivity index (χ4n) is 1.24. The van der Waals surface area contributed by atoms with Crippen molar-refractivity contribution in [2.75, 3.05) is 6.61 Å². The maximum atomic E-state index is 9.47. The molecule has 1 aromatic rings. The summed E-state index contributed by atoms with van der Waals surface area (Å²) in [5.74, 6) is 0.576. The van der Waals surface area contributed by atoms with E-state index in [0.717, 1.165) is 11.1 Å². The van der Waals surface area contributed by atoms with Crippen molar-refractivity contribution in [2.45, 2.75) is 20.0 Å². The first-order chi connectivity index (χ1) is 6.65. The Morgan fingerprint density at radius 3 is 2.86 bits per heavy atom. The summed E-state index contributed by atoms with van der Waals surface area (Å²) in [6.07, 6.45) is -0.580. The number of aryl methyl sites for hydroxylation is 1. The van der Waals surface area contributed by atoms with Gasteiger partial charge in [0.2, 0.25) is 0 Å². The van der Waals surface area contributed by atoms with E-state index in [1.54, 1.807) is 13.0 Å². The van der Waals surface area contributed by atoms with Gasteiger partial charge in [-0.2, -0.15) is 5.26 Å². The van der Waals surface area contributed by atoms with Gasteiger partial charge in [-0.3, -0.25) is 0 Å². The molecule has 0 fully saturated rings. The Morgan fingerprint density at radius 1 is 1.57 bits per heavy atom. The van der Waals surface area contributed by atoms with E-state index in [1.165, 1.54) is 0 Å². The van der Waals surface area contributed by atoms with Crippen LogP contribution in [-0.2, 0) is 0 Å². The SMILES string of the molecule is Cc1ccc(OCC#N)c([C@@H](C)O)c1. The van der Waals surface area contributed by atoms with Crippen LogP contribution in [0.15, 0.2) is 18.2 Å². The maximum Gasteiger partial charge on any atom is 0.174 e. The van der Waals surface area contributed by atoms with Crippen LogP contribution in [0.2, 0.25) is 0 Å². The first-order valence-electron chi connectivity index (χ1n) is 4.43. The van der Waals surface area contributed by atoms with Crippen molar-refractivity contribution in [3.8, 4) is 11.8 Å². The van der Waals surface area contributed by atoms with Crippen LogP contribution >= 0.6 is 0 Å². The number of nitriles is 1. The van der Waals surface area contributed by atoms with Gasteiger partial charge < -0.3 is 9.84 Å². The lowest BCUT2D eigenvalue weighted by atomic mass is 10.1. The number of nitrogens with zero attached hydrogens (tertiary/aromatic N) is 1. The van der Waals surface area contributed by atoms with Gasteiger partial charge in [-0.25, -0.2) is 0 Å². The molecule has 0 aliphatic rings. The zero-order valence-electron chi connectivity index (χ0n) is 8.32. The van der Waals surface area contributed by atoms with Crippen LogP contribution in [0.3, 0.4) is 0 Å². The predicted molar refractivity (Wildman–Crippen MR) is 52.9 cm³/mol. The van der Waals surface area contributed by atoms with Crippen LogP contribution in [0.1, 0.15) is 24.2 Å². The summed E-state index contributed by atoms with van der Waals surface area (Å²) in [5.41, 5.74) is 1.78. The normalized spacial score (nSPS) is 11.9. The molecule has 0 saturated heterocycles. The number of benzene rings is 1. The molecule has 1 aromatic carbocycles. The molecule has 0 unspecified atom stereocenters. The van der Waals surface area contributed by atoms with Crippen molar-refractivity contribution in [1.29, 1.82) is 5.26 Å². The second-order valence-electron chi connectivity index (χ2n) is 3.16.